The van der Waals surface area contributed by atoms with Crippen molar-refractivity contribution in [1.29, 1.82) is 0 Å². The molecule has 0 spiro atoms. The standard InChI is InChI=1S/C75H125N25O20S2/c1-39(2)58(97-57(105)35-86-70(115)59(40(3)101)98-61(106)44(79)33-43-34-84-38-87-43)71(116)92-49(19-9-12-28-77)73(118)100-31-15-22-54(100)69(114)94-51(32-42-16-6-5-7-17-42)66(111)90-48(24-26-56(81)104)64(109)95-52(36-121)67(112)89-45(18-8-11-27-76)65(110)99-60(41(4)102)72(117)96-53(37-122)68(113)91-47(23-25-55(80)103)63(108)88-46(21-14-30-85-75(82)83)62(107)93-50(74(119)120)20-10-13-29-78/h5-7,16-17,34,38-41,44-54,58-60,101-102,121-122H,8-15,18-33,35-37,76-79H2,1-4H3,(H2,80,103)(H2,81,104)(H,84,87)(H,86,115)(H,88,108)(H,89,112)(H,90,111)(H,91,113)(H,92,116)(H,93,107)(H,94,114)(H,95,109)(H,96,117)(H,97,105)(H,98,106)(H,99,110)(H,119,120)(H4,82,83,85)/t40-,41-,44+,45+,46+,47+,48+,49+,50+,51+,52+,53+,54+,58+,59+,60+/m1/s1. The summed E-state index contributed by atoms with van der Waals surface area (Å²) in [5, 5.41) is 63.5. The van der Waals surface area contributed by atoms with Gasteiger partial charge in [-0.2, -0.15) is 25.3 Å². The van der Waals surface area contributed by atoms with E-state index in [-0.39, 0.29) is 103 Å². The number of aromatic amines is 1. The first-order chi connectivity index (χ1) is 57.8. The molecule has 1 aliphatic rings. The van der Waals surface area contributed by atoms with Crippen LogP contribution in [0.5, 0.6) is 0 Å². The number of benzene rings is 1. The van der Waals surface area contributed by atoms with Crippen LogP contribution in [-0.2, 0) is 94.3 Å². The van der Waals surface area contributed by atoms with Crippen molar-refractivity contribution in [2.75, 3.05) is 50.8 Å². The van der Waals surface area contributed by atoms with E-state index in [2.05, 4.69) is 109 Å². The number of carboxylic acid groups (broad SMARTS) is 1. The van der Waals surface area contributed by atoms with Gasteiger partial charge in [-0.05, 0) is 141 Å². The summed E-state index contributed by atoms with van der Waals surface area (Å²) in [5.74, 6) is -18.6. The van der Waals surface area contributed by atoms with E-state index >= 15 is 0 Å². The third-order valence-electron chi connectivity index (χ3n) is 19.4. The lowest BCUT2D eigenvalue weighted by Crippen LogP contribution is -2.62. The van der Waals surface area contributed by atoms with Gasteiger partial charge in [-0.25, -0.2) is 9.78 Å². The third-order valence-corrected chi connectivity index (χ3v) is 20.2. The Hall–Kier alpha value is -10.8. The van der Waals surface area contributed by atoms with E-state index < -0.39 is 247 Å². The highest BCUT2D eigenvalue weighted by Crippen LogP contribution is 2.22. The van der Waals surface area contributed by atoms with Gasteiger partial charge in [-0.1, -0.05) is 44.2 Å². The summed E-state index contributed by atoms with van der Waals surface area (Å²) in [7, 11) is 0. The summed E-state index contributed by atoms with van der Waals surface area (Å²) >= 11 is 8.50. The number of H-pyrrole nitrogens is 1. The predicted octanol–water partition coefficient (Wildman–Crippen LogP) is -9.22. The van der Waals surface area contributed by atoms with Crippen molar-refractivity contribution in [3.8, 4) is 0 Å². The number of hydrogen-bond donors (Lipinski definition) is 27. The van der Waals surface area contributed by atoms with Crippen molar-refractivity contribution in [2.24, 2.45) is 56.8 Å². The zero-order valence-electron chi connectivity index (χ0n) is 69.1. The van der Waals surface area contributed by atoms with Crippen LogP contribution < -0.4 is 115 Å². The van der Waals surface area contributed by atoms with E-state index in [1.807, 2.05) is 0 Å². The maximum absolute atomic E-state index is 14.8. The van der Waals surface area contributed by atoms with Crippen LogP contribution in [0.4, 0.5) is 0 Å². The number of hydrogen-bond acceptors (Lipinski definition) is 27. The average Bonchev–Trinajstić information content (AvgIpc) is 1.63. The number of nitrogens with one attached hydrogen (secondary N) is 14. The summed E-state index contributed by atoms with van der Waals surface area (Å²) in [4.78, 5) is 245. The van der Waals surface area contributed by atoms with Crippen molar-refractivity contribution in [3.05, 3.63) is 54.1 Å². The predicted molar refractivity (Wildman–Crippen MR) is 450 cm³/mol. The Balaban J connectivity index is 1.87. The number of aliphatic carboxylic acids is 1. The fraction of sp³-hybridized carbons (Fsp3) is 0.640. The number of carbonyl (C=O) groups excluding carboxylic acids is 16. The molecule has 0 radical (unpaired) electrons. The number of unbranched alkanes of at least 4 members (excludes halogenated alkanes) is 3. The van der Waals surface area contributed by atoms with E-state index in [9.17, 15) is 96.8 Å². The summed E-state index contributed by atoms with van der Waals surface area (Å²) in [6, 6.07) is -12.8. The summed E-state index contributed by atoms with van der Waals surface area (Å²) < 4.78 is 0. The number of aliphatic hydroxyl groups excluding tert-OH is 2. The number of imidazole rings is 1. The molecule has 0 unspecified atom stereocenters. The van der Waals surface area contributed by atoms with Crippen LogP contribution in [0.15, 0.2) is 47.8 Å². The number of likely N-dealkylation sites (tertiary alicyclic amines) is 1. The van der Waals surface area contributed by atoms with Crippen LogP contribution in [0.2, 0.25) is 0 Å². The van der Waals surface area contributed by atoms with Crippen LogP contribution in [0.3, 0.4) is 0 Å². The lowest BCUT2D eigenvalue weighted by Gasteiger charge is -2.31. The molecule has 1 aliphatic heterocycles. The lowest BCUT2D eigenvalue weighted by molar-refractivity contribution is -0.143. The molecule has 1 aromatic heterocycles. The van der Waals surface area contributed by atoms with Gasteiger partial charge in [-0.3, -0.25) is 81.7 Å². The Kier molecular flexibility index (Phi) is 48.3. The number of amides is 16. The molecule has 0 aliphatic carbocycles. The number of carbonyl (C=O) groups is 17. The van der Waals surface area contributed by atoms with Crippen molar-refractivity contribution >= 4 is 132 Å². The molecule has 16 amide bonds. The minimum Gasteiger partial charge on any atom is -0.480 e. The van der Waals surface area contributed by atoms with Crippen LogP contribution >= 0.6 is 25.3 Å². The molecule has 47 heteroatoms. The van der Waals surface area contributed by atoms with Gasteiger partial charge in [0, 0.05) is 62.2 Å². The molecule has 0 bridgehead atoms. The largest absolute Gasteiger partial charge is 0.480 e. The minimum absolute atomic E-state index is 0.00588. The second kappa shape index (κ2) is 55.9. The normalized spacial score (nSPS) is 16.1. The van der Waals surface area contributed by atoms with Crippen LogP contribution in [0.1, 0.15) is 148 Å². The highest BCUT2D eigenvalue weighted by molar-refractivity contribution is 7.80. The molecule has 3 rings (SSSR count). The van der Waals surface area contributed by atoms with Crippen molar-refractivity contribution in [2.45, 2.75) is 246 Å². The molecule has 45 nitrogen and oxygen atoms in total. The topological polar surface area (TPSA) is 760 Å². The number of thiol groups is 2. The fourth-order valence-electron chi connectivity index (χ4n) is 12.6. The molecule has 682 valence electrons. The molecule has 0 saturated carbocycles. The van der Waals surface area contributed by atoms with Crippen LogP contribution in [0.25, 0.3) is 0 Å². The molecular formula is C75H125N25O20S2. The highest BCUT2D eigenvalue weighted by atomic mass is 32.1. The second-order valence-electron chi connectivity index (χ2n) is 29.8. The first kappa shape index (κ1) is 105. The van der Waals surface area contributed by atoms with Gasteiger partial charge in [0.2, 0.25) is 94.5 Å². The SMILES string of the molecule is CC(C)[C@H](NC(=O)CNC(=O)[C@@H](NC(=O)[C@@H](N)Cc1cnc[nH]1)[C@@H](C)O)C(=O)N[C@@H](CCCCN)C(=O)N1CCC[C@H]1C(=O)N[C@@H](Cc1ccccc1)C(=O)N[C@@H](CCC(N)=O)C(=O)N[C@@H](CS)C(=O)N[C@@H](CCCCN)C(=O)N[C@H](C(=O)N[C@@H](CS)C(=O)N[C@@H](CCC(N)=O)C(=O)N[C@@H](CCCN=C(N)N)C(=O)N[C@@H](CCCCN)C(=O)O)[C@@H](C)O. The number of aliphatic imine (C=N–C) groups is 1. The number of aromatic nitrogens is 2. The number of rotatable bonds is 59. The van der Waals surface area contributed by atoms with Gasteiger partial charge in [0.25, 0.3) is 0 Å². The quantitative estimate of drug-likeness (QED) is 0.0127. The van der Waals surface area contributed by atoms with Crippen LogP contribution in [0, 0.1) is 5.92 Å². The maximum Gasteiger partial charge on any atom is 0.326 e. The Bertz CT molecular complexity index is 3810. The van der Waals surface area contributed by atoms with Crippen molar-refractivity contribution in [3.63, 3.8) is 0 Å². The summed E-state index contributed by atoms with van der Waals surface area (Å²) in [6.07, 6.45) is -0.514. The summed E-state index contributed by atoms with van der Waals surface area (Å²) in [5.41, 5.74) is 46.1. The molecule has 2 heterocycles. The number of nitrogens with zero attached hydrogens (tertiary/aromatic N) is 3. The monoisotopic (exact) mass is 1760 g/mol. The number of nitrogens with two attached hydrogens (primary N) is 8. The van der Waals surface area contributed by atoms with Gasteiger partial charge in [-0.15, -0.1) is 0 Å². The molecule has 1 aromatic carbocycles. The molecule has 33 N–H and O–H groups in total. The Morgan fingerprint density at radius 1 is 0.500 bits per heavy atom. The molecule has 16 atom stereocenters. The number of aliphatic hydroxyl groups is 2. The van der Waals surface area contributed by atoms with Crippen LogP contribution in [-0.4, -0.2) is 284 Å². The van der Waals surface area contributed by atoms with Crippen molar-refractivity contribution in [1.82, 2.24) is 84.0 Å². The Morgan fingerprint density at radius 2 is 0.926 bits per heavy atom. The minimum atomic E-state index is -1.91. The molecule has 1 saturated heterocycles. The summed E-state index contributed by atoms with van der Waals surface area (Å²) in [6.45, 7) is 5.39. The van der Waals surface area contributed by atoms with E-state index in [4.69, 9.17) is 45.9 Å². The van der Waals surface area contributed by atoms with Gasteiger partial charge < -0.3 is 140 Å². The molecule has 1 fully saturated rings. The molecular weight excluding hydrogens is 1640 g/mol. The van der Waals surface area contributed by atoms with Gasteiger partial charge >= 0.3 is 5.97 Å². The van der Waals surface area contributed by atoms with E-state index in [0.717, 1.165) is 6.92 Å². The fourth-order valence-corrected chi connectivity index (χ4v) is 13.1. The zero-order chi connectivity index (χ0) is 91.3. The van der Waals surface area contributed by atoms with E-state index in [1.54, 1.807) is 44.2 Å². The number of primary amides is 2. The van der Waals surface area contributed by atoms with E-state index in [0.29, 0.717) is 43.4 Å². The van der Waals surface area contributed by atoms with Gasteiger partial charge in [0.1, 0.15) is 78.5 Å². The average molecular weight is 1760 g/mol. The van der Waals surface area contributed by atoms with Gasteiger partial charge in [0.05, 0.1) is 31.1 Å². The zero-order valence-corrected chi connectivity index (χ0v) is 70.9. The first-order valence-electron chi connectivity index (χ1n) is 40.3. The van der Waals surface area contributed by atoms with Crippen molar-refractivity contribution < 1.29 is 96.8 Å². The van der Waals surface area contributed by atoms with Gasteiger partial charge in [0.15, 0.2) is 5.96 Å². The Labute approximate surface area is 717 Å². The smallest absolute Gasteiger partial charge is 0.326 e. The lowest BCUT2D eigenvalue weighted by atomic mass is 10.0. The number of guanidine groups is 1. The molecule has 122 heavy (non-hydrogen) atoms. The Morgan fingerprint density at radius 3 is 1.39 bits per heavy atom. The molecule has 2 aromatic rings. The second-order valence-corrected chi connectivity index (χ2v) is 30.5. The number of carboxylic acids is 1. The highest BCUT2D eigenvalue weighted by Gasteiger charge is 2.42. The first-order valence-corrected chi connectivity index (χ1v) is 41.6. The maximum atomic E-state index is 14.8. The third kappa shape index (κ3) is 38.1. The van der Waals surface area contributed by atoms with E-state index in [1.165, 1.54) is 24.3 Å².